The first-order valence-electron chi connectivity index (χ1n) is 9.78. The molecule has 0 radical (unpaired) electrons. The van der Waals surface area contributed by atoms with Gasteiger partial charge in [-0.3, -0.25) is 14.5 Å². The molecule has 2 aromatic heterocycles. The Labute approximate surface area is 169 Å². The summed E-state index contributed by atoms with van der Waals surface area (Å²) in [5.74, 6) is -0.125. The lowest BCUT2D eigenvalue weighted by molar-refractivity contribution is 0.0383. The van der Waals surface area contributed by atoms with Gasteiger partial charge in [0.25, 0.3) is 5.91 Å². The number of fused-ring (bicyclic) bond motifs is 1. The zero-order chi connectivity index (χ0) is 20.2. The van der Waals surface area contributed by atoms with Gasteiger partial charge in [-0.1, -0.05) is 24.3 Å². The molecule has 1 saturated heterocycles. The van der Waals surface area contributed by atoms with Gasteiger partial charge in [0.1, 0.15) is 11.3 Å². The van der Waals surface area contributed by atoms with Gasteiger partial charge in [-0.25, -0.2) is 4.98 Å². The summed E-state index contributed by atoms with van der Waals surface area (Å²) in [6.07, 6.45) is 3.68. The number of ether oxygens (including phenoxy) is 1. The van der Waals surface area contributed by atoms with Crippen LogP contribution in [0.15, 0.2) is 48.8 Å². The fraction of sp³-hybridized carbons (Fsp3) is 0.318. The number of Topliss-reactive ketones (excluding diaryl/α,β-unsaturated/α-hetero) is 1. The van der Waals surface area contributed by atoms with Crippen molar-refractivity contribution in [3.63, 3.8) is 0 Å². The van der Waals surface area contributed by atoms with Crippen LogP contribution >= 0.6 is 0 Å². The summed E-state index contributed by atoms with van der Waals surface area (Å²) >= 11 is 0. The van der Waals surface area contributed by atoms with Gasteiger partial charge in [0, 0.05) is 44.1 Å². The zero-order valence-electron chi connectivity index (χ0n) is 16.4. The second-order valence-electron chi connectivity index (χ2n) is 7.15. The van der Waals surface area contributed by atoms with Crippen LogP contribution < -0.4 is 5.32 Å². The van der Waals surface area contributed by atoms with Crippen LogP contribution in [-0.2, 0) is 4.74 Å². The smallest absolute Gasteiger partial charge is 0.271 e. The summed E-state index contributed by atoms with van der Waals surface area (Å²) in [4.78, 5) is 30.6. The Morgan fingerprint density at radius 3 is 2.48 bits per heavy atom. The molecule has 0 aliphatic carbocycles. The SMILES string of the molecule is CC(=O)c1ccc(-c2ccc3nc(C(=O)NCCN4CCOCC4)cn3c2)cc1. The fourth-order valence-electron chi connectivity index (χ4n) is 3.41. The van der Waals surface area contributed by atoms with Gasteiger partial charge in [0.15, 0.2) is 5.78 Å². The quantitative estimate of drug-likeness (QED) is 0.652. The molecule has 7 nitrogen and oxygen atoms in total. The van der Waals surface area contributed by atoms with Crippen LogP contribution in [-0.4, -0.2) is 65.4 Å². The number of ketones is 1. The van der Waals surface area contributed by atoms with Gasteiger partial charge >= 0.3 is 0 Å². The minimum atomic E-state index is -0.172. The van der Waals surface area contributed by atoms with Crippen molar-refractivity contribution in [3.05, 3.63) is 60.0 Å². The highest BCUT2D eigenvalue weighted by Crippen LogP contribution is 2.21. The third-order valence-electron chi connectivity index (χ3n) is 5.13. The van der Waals surface area contributed by atoms with Crippen LogP contribution in [0.4, 0.5) is 0 Å². The lowest BCUT2D eigenvalue weighted by atomic mass is 10.0. The van der Waals surface area contributed by atoms with E-state index in [1.165, 1.54) is 0 Å². The minimum Gasteiger partial charge on any atom is -0.379 e. The molecule has 0 spiro atoms. The number of carbonyl (C=O) groups is 2. The number of nitrogens with one attached hydrogen (secondary N) is 1. The number of hydrogen-bond donors (Lipinski definition) is 1. The Morgan fingerprint density at radius 2 is 1.76 bits per heavy atom. The van der Waals surface area contributed by atoms with Crippen LogP contribution in [0.5, 0.6) is 0 Å². The molecule has 0 saturated carbocycles. The molecule has 1 aliphatic heterocycles. The van der Waals surface area contributed by atoms with E-state index in [1.807, 2.05) is 47.0 Å². The van der Waals surface area contributed by atoms with Crippen molar-refractivity contribution in [1.82, 2.24) is 19.6 Å². The summed E-state index contributed by atoms with van der Waals surface area (Å²) in [6.45, 7) is 6.25. The Kier molecular flexibility index (Phi) is 5.69. The van der Waals surface area contributed by atoms with Crippen molar-refractivity contribution in [3.8, 4) is 11.1 Å². The maximum Gasteiger partial charge on any atom is 0.271 e. The lowest BCUT2D eigenvalue weighted by Gasteiger charge is -2.26. The first-order valence-corrected chi connectivity index (χ1v) is 9.78. The number of imidazole rings is 1. The molecule has 0 atom stereocenters. The predicted molar refractivity (Wildman–Crippen MR) is 110 cm³/mol. The Bertz CT molecular complexity index is 1020. The van der Waals surface area contributed by atoms with Crippen molar-refractivity contribution >= 4 is 17.3 Å². The van der Waals surface area contributed by atoms with E-state index in [4.69, 9.17) is 4.74 Å². The molecule has 1 N–H and O–H groups in total. The van der Waals surface area contributed by atoms with Crippen LogP contribution in [0.1, 0.15) is 27.8 Å². The molecular weight excluding hydrogens is 368 g/mol. The minimum absolute atomic E-state index is 0.0471. The molecule has 7 heteroatoms. The Morgan fingerprint density at radius 1 is 1.03 bits per heavy atom. The van der Waals surface area contributed by atoms with Gasteiger partial charge in [-0.15, -0.1) is 0 Å². The van der Waals surface area contributed by atoms with Crippen molar-refractivity contribution in [2.45, 2.75) is 6.92 Å². The summed E-state index contributed by atoms with van der Waals surface area (Å²) in [6, 6.07) is 11.3. The van der Waals surface area contributed by atoms with Crippen LogP contribution in [0.2, 0.25) is 0 Å². The van der Waals surface area contributed by atoms with Gasteiger partial charge in [0.2, 0.25) is 0 Å². The second-order valence-corrected chi connectivity index (χ2v) is 7.15. The topological polar surface area (TPSA) is 75.9 Å². The number of hydrogen-bond acceptors (Lipinski definition) is 5. The number of morpholine rings is 1. The van der Waals surface area contributed by atoms with E-state index in [9.17, 15) is 9.59 Å². The zero-order valence-corrected chi connectivity index (χ0v) is 16.4. The molecule has 29 heavy (non-hydrogen) atoms. The van der Waals surface area contributed by atoms with Gasteiger partial charge in [-0.2, -0.15) is 0 Å². The monoisotopic (exact) mass is 392 g/mol. The van der Waals surface area contributed by atoms with Gasteiger partial charge in [-0.05, 0) is 30.2 Å². The third kappa shape index (κ3) is 4.52. The summed E-state index contributed by atoms with van der Waals surface area (Å²) in [5, 5.41) is 2.94. The average molecular weight is 392 g/mol. The van der Waals surface area contributed by atoms with Crippen molar-refractivity contribution in [1.29, 1.82) is 0 Å². The first-order chi connectivity index (χ1) is 14.1. The van der Waals surface area contributed by atoms with Crippen LogP contribution in [0.3, 0.4) is 0 Å². The third-order valence-corrected chi connectivity index (χ3v) is 5.13. The number of benzene rings is 1. The maximum absolute atomic E-state index is 12.5. The molecule has 3 heterocycles. The molecule has 1 amide bonds. The highest BCUT2D eigenvalue weighted by molar-refractivity contribution is 5.94. The Hall–Kier alpha value is -3.03. The molecule has 1 fully saturated rings. The fourth-order valence-corrected chi connectivity index (χ4v) is 3.41. The number of rotatable bonds is 6. The van der Waals surface area contributed by atoms with E-state index >= 15 is 0 Å². The second kappa shape index (κ2) is 8.55. The number of aromatic nitrogens is 2. The van der Waals surface area contributed by atoms with Crippen molar-refractivity contribution in [2.24, 2.45) is 0 Å². The first kappa shape index (κ1) is 19.3. The molecule has 0 bridgehead atoms. The molecule has 1 aliphatic rings. The average Bonchev–Trinajstić information content (AvgIpc) is 3.18. The summed E-state index contributed by atoms with van der Waals surface area (Å²) < 4.78 is 7.18. The van der Waals surface area contributed by atoms with E-state index in [1.54, 1.807) is 13.1 Å². The van der Waals surface area contributed by atoms with E-state index in [0.717, 1.165) is 44.0 Å². The highest BCUT2D eigenvalue weighted by atomic mass is 16.5. The standard InChI is InChI=1S/C22H24N4O3/c1-16(27)17-2-4-18(5-3-17)19-6-7-21-24-20(15-26(21)14-19)22(28)23-8-9-25-10-12-29-13-11-25/h2-7,14-15H,8-13H2,1H3,(H,23,28). The largest absolute Gasteiger partial charge is 0.379 e. The van der Waals surface area contributed by atoms with E-state index in [-0.39, 0.29) is 11.7 Å². The molecule has 1 aromatic carbocycles. The summed E-state index contributed by atoms with van der Waals surface area (Å²) in [5.41, 5.74) is 3.79. The van der Waals surface area contributed by atoms with Crippen LogP contribution in [0.25, 0.3) is 16.8 Å². The Balaban J connectivity index is 1.43. The van der Waals surface area contributed by atoms with E-state index < -0.39 is 0 Å². The van der Waals surface area contributed by atoms with Crippen molar-refractivity contribution < 1.29 is 14.3 Å². The molecule has 4 rings (SSSR count). The number of carbonyl (C=O) groups excluding carboxylic acids is 2. The highest BCUT2D eigenvalue weighted by Gasteiger charge is 2.13. The van der Waals surface area contributed by atoms with Crippen LogP contribution in [0, 0.1) is 0 Å². The maximum atomic E-state index is 12.5. The van der Waals surface area contributed by atoms with Gasteiger partial charge in [0.05, 0.1) is 13.2 Å². The van der Waals surface area contributed by atoms with E-state index in [0.29, 0.717) is 23.4 Å². The van der Waals surface area contributed by atoms with E-state index in [2.05, 4.69) is 15.2 Å². The number of pyridine rings is 1. The van der Waals surface area contributed by atoms with Crippen molar-refractivity contribution in [2.75, 3.05) is 39.4 Å². The molecule has 3 aromatic rings. The molecule has 0 unspecified atom stereocenters. The molecule has 150 valence electrons. The molecular formula is C22H24N4O3. The lowest BCUT2D eigenvalue weighted by Crippen LogP contribution is -2.41. The normalized spacial score (nSPS) is 14.8. The summed E-state index contributed by atoms with van der Waals surface area (Å²) in [7, 11) is 0. The van der Waals surface area contributed by atoms with Gasteiger partial charge < -0.3 is 14.5 Å². The number of nitrogens with zero attached hydrogens (tertiary/aromatic N) is 3. The number of amides is 1. The predicted octanol–water partition coefficient (Wildman–Crippen LogP) is 2.27.